The van der Waals surface area contributed by atoms with Gasteiger partial charge in [0.15, 0.2) is 11.5 Å². The first-order valence-corrected chi connectivity index (χ1v) is 8.05. The number of phenols is 1. The van der Waals surface area contributed by atoms with Gasteiger partial charge in [0.1, 0.15) is 0 Å². The van der Waals surface area contributed by atoms with Crippen molar-refractivity contribution in [2.45, 2.75) is 38.5 Å². The maximum absolute atomic E-state index is 12.5. The Morgan fingerprint density at radius 2 is 1.80 bits per heavy atom. The highest BCUT2D eigenvalue weighted by atomic mass is 19.4. The van der Waals surface area contributed by atoms with E-state index in [-0.39, 0.29) is 11.8 Å². The Kier molecular flexibility index (Phi) is 6.31. The van der Waals surface area contributed by atoms with Gasteiger partial charge in [-0.15, -0.1) is 0 Å². The lowest BCUT2D eigenvalue weighted by atomic mass is 10.0. The highest BCUT2D eigenvalue weighted by molar-refractivity contribution is 5.45. The van der Waals surface area contributed by atoms with E-state index >= 15 is 0 Å². The van der Waals surface area contributed by atoms with Gasteiger partial charge in [-0.25, -0.2) is 0 Å². The molecule has 0 bridgehead atoms. The molecule has 0 saturated heterocycles. The normalized spacial score (nSPS) is 12.8. The third-order valence-corrected chi connectivity index (χ3v) is 4.06. The van der Waals surface area contributed by atoms with Crippen LogP contribution in [0.5, 0.6) is 11.5 Å². The van der Waals surface area contributed by atoms with Crippen LogP contribution in [0, 0.1) is 0 Å². The molecule has 25 heavy (non-hydrogen) atoms. The highest BCUT2D eigenvalue weighted by Gasteiger charge is 2.29. The van der Waals surface area contributed by atoms with Crippen molar-refractivity contribution in [3.63, 3.8) is 0 Å². The molecule has 0 aromatic heterocycles. The Labute approximate surface area is 145 Å². The van der Waals surface area contributed by atoms with E-state index in [1.54, 1.807) is 12.1 Å². The van der Waals surface area contributed by atoms with E-state index in [4.69, 9.17) is 4.74 Å². The van der Waals surface area contributed by atoms with E-state index in [9.17, 15) is 18.3 Å². The van der Waals surface area contributed by atoms with Gasteiger partial charge in [0.25, 0.3) is 0 Å². The summed E-state index contributed by atoms with van der Waals surface area (Å²) in [5.41, 5.74) is 1.08. The predicted octanol–water partition coefficient (Wildman–Crippen LogP) is 4.53. The topological polar surface area (TPSA) is 41.5 Å². The van der Waals surface area contributed by atoms with Crippen molar-refractivity contribution in [3.05, 3.63) is 59.2 Å². The summed E-state index contributed by atoms with van der Waals surface area (Å²) in [4.78, 5) is 0. The molecule has 1 unspecified atom stereocenters. The molecular formula is C19H22F3NO2. The van der Waals surface area contributed by atoms with Crippen LogP contribution in [0.15, 0.2) is 42.5 Å². The van der Waals surface area contributed by atoms with Crippen LogP contribution in [0.4, 0.5) is 13.2 Å². The fourth-order valence-electron chi connectivity index (χ4n) is 2.58. The molecule has 0 saturated carbocycles. The Bertz CT molecular complexity index is 684. The Morgan fingerprint density at radius 1 is 1.12 bits per heavy atom. The number of rotatable bonds is 7. The van der Waals surface area contributed by atoms with Crippen LogP contribution in [0.25, 0.3) is 0 Å². The second-order valence-corrected chi connectivity index (χ2v) is 5.98. The summed E-state index contributed by atoms with van der Waals surface area (Å²) in [6, 6.07) is 10.6. The van der Waals surface area contributed by atoms with Crippen LogP contribution in [0.1, 0.15) is 30.0 Å². The van der Waals surface area contributed by atoms with Gasteiger partial charge in [0.05, 0.1) is 12.7 Å². The molecule has 3 nitrogen and oxygen atoms in total. The van der Waals surface area contributed by atoms with Crippen molar-refractivity contribution in [3.8, 4) is 11.5 Å². The average molecular weight is 353 g/mol. The molecule has 0 radical (unpaired) electrons. The fourth-order valence-corrected chi connectivity index (χ4v) is 2.58. The standard InChI is InChI=1S/C19H22F3NO2/c1-13(6-9-15-4-3-5-17(24)18(15)25-2)23-12-14-7-10-16(11-8-14)19(20,21)22/h3-5,7-8,10-11,13,23-24H,6,9,12H2,1-2H3. The molecule has 2 rings (SSSR count). The SMILES string of the molecule is COc1c(O)cccc1CCC(C)NCc1ccc(C(F)(F)F)cc1. The Balaban J connectivity index is 1.85. The van der Waals surface area contributed by atoms with E-state index in [2.05, 4.69) is 5.32 Å². The van der Waals surface area contributed by atoms with Gasteiger partial charge in [-0.1, -0.05) is 24.3 Å². The maximum atomic E-state index is 12.5. The van der Waals surface area contributed by atoms with Gasteiger partial charge < -0.3 is 15.2 Å². The quantitative estimate of drug-likeness (QED) is 0.768. The molecule has 0 fully saturated rings. The zero-order valence-electron chi connectivity index (χ0n) is 14.2. The number of ether oxygens (including phenoxy) is 1. The van der Waals surface area contributed by atoms with Gasteiger partial charge in [0, 0.05) is 12.6 Å². The third-order valence-electron chi connectivity index (χ3n) is 4.06. The van der Waals surface area contributed by atoms with Crippen LogP contribution in [0.3, 0.4) is 0 Å². The molecule has 2 aromatic rings. The largest absolute Gasteiger partial charge is 0.504 e. The van der Waals surface area contributed by atoms with E-state index < -0.39 is 11.7 Å². The average Bonchev–Trinajstić information content (AvgIpc) is 2.57. The Hall–Kier alpha value is -2.21. The first-order chi connectivity index (χ1) is 11.8. The van der Waals surface area contributed by atoms with Crippen molar-refractivity contribution < 1.29 is 23.0 Å². The first-order valence-electron chi connectivity index (χ1n) is 8.05. The lowest BCUT2D eigenvalue weighted by Gasteiger charge is -2.16. The summed E-state index contributed by atoms with van der Waals surface area (Å²) >= 11 is 0. The minimum Gasteiger partial charge on any atom is -0.504 e. The second-order valence-electron chi connectivity index (χ2n) is 5.98. The number of hydrogen-bond donors (Lipinski definition) is 2. The van der Waals surface area contributed by atoms with Crippen LogP contribution in [-0.2, 0) is 19.1 Å². The fraction of sp³-hybridized carbons (Fsp3) is 0.368. The minimum atomic E-state index is -4.31. The molecule has 0 spiro atoms. The molecule has 0 aliphatic carbocycles. The van der Waals surface area contributed by atoms with E-state index in [0.29, 0.717) is 12.3 Å². The lowest BCUT2D eigenvalue weighted by molar-refractivity contribution is -0.137. The van der Waals surface area contributed by atoms with E-state index in [1.807, 2.05) is 13.0 Å². The first kappa shape index (κ1) is 19.1. The van der Waals surface area contributed by atoms with Crippen LogP contribution in [0.2, 0.25) is 0 Å². The maximum Gasteiger partial charge on any atom is 0.416 e. The number of methoxy groups -OCH3 is 1. The number of phenolic OH excluding ortho intramolecular Hbond substituents is 1. The number of halogens is 3. The number of aromatic hydroxyl groups is 1. The second kappa shape index (κ2) is 8.25. The van der Waals surface area contributed by atoms with Gasteiger partial charge in [0.2, 0.25) is 0 Å². The Morgan fingerprint density at radius 3 is 2.40 bits per heavy atom. The summed E-state index contributed by atoms with van der Waals surface area (Å²) in [5.74, 6) is 0.600. The van der Waals surface area contributed by atoms with Crippen molar-refractivity contribution in [1.82, 2.24) is 5.32 Å². The number of benzene rings is 2. The number of aryl methyl sites for hydroxylation is 1. The predicted molar refractivity (Wildman–Crippen MR) is 90.7 cm³/mol. The molecule has 6 heteroatoms. The van der Waals surface area contributed by atoms with E-state index in [0.717, 1.165) is 36.1 Å². The molecule has 0 aliphatic rings. The monoisotopic (exact) mass is 353 g/mol. The zero-order chi connectivity index (χ0) is 18.4. The van der Waals surface area contributed by atoms with Gasteiger partial charge in [-0.3, -0.25) is 0 Å². The molecule has 2 aromatic carbocycles. The van der Waals surface area contributed by atoms with Crippen LogP contribution in [-0.4, -0.2) is 18.3 Å². The molecule has 0 heterocycles. The molecule has 0 amide bonds. The summed E-state index contributed by atoms with van der Waals surface area (Å²) in [7, 11) is 1.52. The molecule has 2 N–H and O–H groups in total. The summed E-state index contributed by atoms with van der Waals surface area (Å²) in [6.45, 7) is 2.51. The molecule has 136 valence electrons. The van der Waals surface area contributed by atoms with Crippen molar-refractivity contribution >= 4 is 0 Å². The van der Waals surface area contributed by atoms with Gasteiger partial charge in [-0.05, 0) is 49.1 Å². The summed E-state index contributed by atoms with van der Waals surface area (Å²) in [5, 5.41) is 13.1. The molecule has 1 atom stereocenters. The molecular weight excluding hydrogens is 331 g/mol. The number of nitrogens with one attached hydrogen (secondary N) is 1. The highest BCUT2D eigenvalue weighted by Crippen LogP contribution is 2.31. The lowest BCUT2D eigenvalue weighted by Crippen LogP contribution is -2.26. The summed E-state index contributed by atoms with van der Waals surface area (Å²) < 4.78 is 42.8. The smallest absolute Gasteiger partial charge is 0.416 e. The number of para-hydroxylation sites is 1. The van der Waals surface area contributed by atoms with E-state index in [1.165, 1.54) is 19.2 Å². The minimum absolute atomic E-state index is 0.116. The van der Waals surface area contributed by atoms with Crippen molar-refractivity contribution in [1.29, 1.82) is 0 Å². The van der Waals surface area contributed by atoms with Crippen molar-refractivity contribution in [2.24, 2.45) is 0 Å². The summed E-state index contributed by atoms with van der Waals surface area (Å²) in [6.07, 6.45) is -2.78. The zero-order valence-corrected chi connectivity index (χ0v) is 14.2. The van der Waals surface area contributed by atoms with Gasteiger partial charge in [-0.2, -0.15) is 13.2 Å². The van der Waals surface area contributed by atoms with Crippen LogP contribution < -0.4 is 10.1 Å². The third kappa shape index (κ3) is 5.39. The number of hydrogen-bond acceptors (Lipinski definition) is 3. The van der Waals surface area contributed by atoms with Crippen LogP contribution >= 0.6 is 0 Å². The number of alkyl halides is 3. The molecule has 0 aliphatic heterocycles. The van der Waals surface area contributed by atoms with Crippen molar-refractivity contribution in [2.75, 3.05) is 7.11 Å². The van der Waals surface area contributed by atoms with Gasteiger partial charge >= 0.3 is 6.18 Å².